The molecule has 8 rings (SSSR count). The van der Waals surface area contributed by atoms with Crippen LogP contribution in [-0.2, 0) is 0 Å². The zero-order valence-electron chi connectivity index (χ0n) is 29.8. The van der Waals surface area contributed by atoms with Crippen molar-refractivity contribution in [2.75, 3.05) is 10.6 Å². The summed E-state index contributed by atoms with van der Waals surface area (Å²) in [6, 6.07) is 44.4. The summed E-state index contributed by atoms with van der Waals surface area (Å²) < 4.78 is 2.94. The quantitative estimate of drug-likeness (QED) is 0.137. The molecule has 2 amide bonds. The first-order valence-electron chi connectivity index (χ1n) is 17.2. The van der Waals surface area contributed by atoms with Crippen molar-refractivity contribution in [2.24, 2.45) is 0 Å². The molecule has 6 aromatic carbocycles. The lowest BCUT2D eigenvalue weighted by atomic mass is 10.0. The Morgan fingerprint density at radius 3 is 1.48 bits per heavy atom. The molecule has 274 valence electrons. The van der Waals surface area contributed by atoms with E-state index in [0.29, 0.717) is 16.8 Å². The molecular weight excluding hydrogens is 709 g/mol. The zero-order valence-corrected chi connectivity index (χ0v) is 29.8. The van der Waals surface area contributed by atoms with Crippen molar-refractivity contribution in [2.45, 2.75) is 6.92 Å². The van der Waals surface area contributed by atoms with Crippen molar-refractivity contribution >= 4 is 29.2 Å². The lowest BCUT2D eigenvalue weighted by molar-refractivity contribution is 0.0697. The highest BCUT2D eigenvalue weighted by atomic mass is 16.4. The topological polar surface area (TPSA) is 183 Å². The standard InChI is InChI=1S/C21H15N5O3.C21H17N5O/c27-20(16-7-4-8-17(11-16)26-13-22-24-25-26)23-19-12-15(9-10-18(19)21(28)29)14-5-2-1-3-6-14;1-15-10-11-17(16-6-3-2-4-7-16)13-20(15)23-21(27)18-8-5-9-19(12-18)26-14-22-24-25-26/h1-13H,(H,23,27)(H,28,29);2-14H,1H3,(H,23,27). The van der Waals surface area contributed by atoms with Gasteiger partial charge in [0.05, 0.1) is 22.6 Å². The van der Waals surface area contributed by atoms with Gasteiger partial charge in [-0.25, -0.2) is 14.2 Å². The Morgan fingerprint density at radius 1 is 0.518 bits per heavy atom. The maximum atomic E-state index is 12.8. The first-order valence-corrected chi connectivity index (χ1v) is 17.2. The van der Waals surface area contributed by atoms with Crippen LogP contribution in [0.2, 0.25) is 0 Å². The van der Waals surface area contributed by atoms with Gasteiger partial charge in [0, 0.05) is 16.8 Å². The summed E-state index contributed by atoms with van der Waals surface area (Å²) in [7, 11) is 0. The molecule has 2 aromatic heterocycles. The second kappa shape index (κ2) is 16.7. The predicted octanol–water partition coefficient (Wildman–Crippen LogP) is 7.17. The second-order valence-corrected chi connectivity index (χ2v) is 12.3. The van der Waals surface area contributed by atoms with Gasteiger partial charge in [-0.05, 0) is 110 Å². The molecular formula is C42H32N10O4. The van der Waals surface area contributed by atoms with Crippen LogP contribution in [0, 0.1) is 6.92 Å². The van der Waals surface area contributed by atoms with E-state index in [0.717, 1.165) is 39.2 Å². The minimum Gasteiger partial charge on any atom is -0.478 e. The fourth-order valence-electron chi connectivity index (χ4n) is 5.74. The number of nitrogens with zero attached hydrogens (tertiary/aromatic N) is 8. The van der Waals surface area contributed by atoms with Crippen LogP contribution >= 0.6 is 0 Å². The highest BCUT2D eigenvalue weighted by molar-refractivity contribution is 6.08. The van der Waals surface area contributed by atoms with Crippen molar-refractivity contribution in [3.63, 3.8) is 0 Å². The van der Waals surface area contributed by atoms with Crippen LogP contribution in [0.1, 0.15) is 36.6 Å². The maximum Gasteiger partial charge on any atom is 0.337 e. The maximum absolute atomic E-state index is 12.8. The number of rotatable bonds is 9. The van der Waals surface area contributed by atoms with Gasteiger partial charge in [-0.15, -0.1) is 10.2 Å². The number of hydrogen-bond donors (Lipinski definition) is 3. The summed E-state index contributed by atoms with van der Waals surface area (Å²) in [5.74, 6) is -1.74. The number of carboxylic acid groups (broad SMARTS) is 1. The Kier molecular flexibility index (Phi) is 10.8. The number of anilines is 2. The Balaban J connectivity index is 0.000000172. The Labute approximate surface area is 320 Å². The summed E-state index contributed by atoms with van der Waals surface area (Å²) in [4.78, 5) is 37.2. The van der Waals surface area contributed by atoms with Crippen LogP contribution in [0.15, 0.2) is 158 Å². The number of hydrogen-bond acceptors (Lipinski definition) is 9. The Hall–Kier alpha value is -8.13. The zero-order chi connectivity index (χ0) is 38.9. The molecule has 0 spiro atoms. The molecule has 3 N–H and O–H groups in total. The van der Waals surface area contributed by atoms with E-state index >= 15 is 0 Å². The smallest absolute Gasteiger partial charge is 0.337 e. The number of carbonyl (C=O) groups is 3. The molecule has 56 heavy (non-hydrogen) atoms. The number of aromatic carboxylic acids is 1. The SMILES string of the molecule is Cc1ccc(-c2ccccc2)cc1NC(=O)c1cccc(-n2cnnn2)c1.O=C(Nc1cc(-c2ccccc2)ccc1C(=O)O)c1cccc(-n2cnnn2)c1. The highest BCUT2D eigenvalue weighted by Gasteiger charge is 2.16. The lowest BCUT2D eigenvalue weighted by Gasteiger charge is -2.12. The van der Waals surface area contributed by atoms with Crippen molar-refractivity contribution in [3.8, 4) is 33.6 Å². The van der Waals surface area contributed by atoms with Crippen LogP contribution < -0.4 is 10.6 Å². The van der Waals surface area contributed by atoms with Gasteiger partial charge in [-0.1, -0.05) is 91.0 Å². The molecule has 0 aliphatic heterocycles. The molecule has 0 saturated carbocycles. The van der Waals surface area contributed by atoms with Crippen molar-refractivity contribution in [1.82, 2.24) is 40.4 Å². The van der Waals surface area contributed by atoms with Gasteiger partial charge >= 0.3 is 5.97 Å². The van der Waals surface area contributed by atoms with Gasteiger partial charge in [0.2, 0.25) is 0 Å². The minimum absolute atomic E-state index is 0.00895. The van der Waals surface area contributed by atoms with E-state index < -0.39 is 11.9 Å². The molecule has 0 atom stereocenters. The normalized spacial score (nSPS) is 10.5. The van der Waals surface area contributed by atoms with Crippen LogP contribution in [0.4, 0.5) is 11.4 Å². The van der Waals surface area contributed by atoms with Crippen LogP contribution in [0.25, 0.3) is 33.6 Å². The third-order valence-corrected chi connectivity index (χ3v) is 8.64. The lowest BCUT2D eigenvalue weighted by Crippen LogP contribution is -2.15. The molecule has 0 unspecified atom stereocenters. The van der Waals surface area contributed by atoms with E-state index in [-0.39, 0.29) is 17.2 Å². The summed E-state index contributed by atoms with van der Waals surface area (Å²) >= 11 is 0. The molecule has 8 aromatic rings. The largest absolute Gasteiger partial charge is 0.478 e. The number of carboxylic acids is 1. The average molecular weight is 741 g/mol. The number of tetrazole rings is 2. The number of carbonyl (C=O) groups excluding carboxylic acids is 2. The summed E-state index contributed by atoms with van der Waals surface area (Å²) in [6.07, 6.45) is 2.91. The first kappa shape index (κ1) is 36.2. The van der Waals surface area contributed by atoms with Crippen LogP contribution in [0.3, 0.4) is 0 Å². The summed E-state index contributed by atoms with van der Waals surface area (Å²) in [5, 5.41) is 37.3. The van der Waals surface area contributed by atoms with E-state index in [2.05, 4.69) is 47.8 Å². The number of amides is 2. The third-order valence-electron chi connectivity index (χ3n) is 8.64. The van der Waals surface area contributed by atoms with Gasteiger partial charge in [0.25, 0.3) is 11.8 Å². The van der Waals surface area contributed by atoms with Crippen LogP contribution in [-0.4, -0.2) is 63.3 Å². The fraction of sp³-hybridized carbons (Fsp3) is 0.0238. The number of benzene rings is 6. The van der Waals surface area contributed by atoms with E-state index in [1.165, 1.54) is 28.1 Å². The number of aryl methyl sites for hydroxylation is 1. The van der Waals surface area contributed by atoms with Crippen molar-refractivity contribution in [1.29, 1.82) is 0 Å². The Bertz CT molecular complexity index is 2620. The average Bonchev–Trinajstić information content (AvgIpc) is 3.99. The molecule has 0 bridgehead atoms. The van der Waals surface area contributed by atoms with Crippen molar-refractivity contribution < 1.29 is 19.5 Å². The second-order valence-electron chi connectivity index (χ2n) is 12.3. The van der Waals surface area contributed by atoms with Gasteiger partial charge in [0.1, 0.15) is 12.7 Å². The van der Waals surface area contributed by atoms with Crippen LogP contribution in [0.5, 0.6) is 0 Å². The van der Waals surface area contributed by atoms with Gasteiger partial charge < -0.3 is 15.7 Å². The molecule has 0 radical (unpaired) electrons. The molecule has 2 heterocycles. The predicted molar refractivity (Wildman–Crippen MR) is 210 cm³/mol. The number of aromatic nitrogens is 8. The Morgan fingerprint density at radius 2 is 1.00 bits per heavy atom. The highest BCUT2D eigenvalue weighted by Crippen LogP contribution is 2.28. The summed E-state index contributed by atoms with van der Waals surface area (Å²) in [5.41, 5.74) is 8.11. The molecule has 14 nitrogen and oxygen atoms in total. The molecule has 0 fully saturated rings. The molecule has 0 aliphatic rings. The van der Waals surface area contributed by atoms with Gasteiger partial charge in [0.15, 0.2) is 0 Å². The number of nitrogens with one attached hydrogen (secondary N) is 2. The van der Waals surface area contributed by atoms with E-state index in [9.17, 15) is 19.5 Å². The van der Waals surface area contributed by atoms with Gasteiger partial charge in [-0.2, -0.15) is 0 Å². The van der Waals surface area contributed by atoms with E-state index in [1.807, 2.05) is 85.8 Å². The minimum atomic E-state index is -1.12. The van der Waals surface area contributed by atoms with Gasteiger partial charge in [-0.3, -0.25) is 9.59 Å². The third kappa shape index (κ3) is 8.56. The van der Waals surface area contributed by atoms with E-state index in [1.54, 1.807) is 54.6 Å². The van der Waals surface area contributed by atoms with E-state index in [4.69, 9.17) is 0 Å². The molecule has 0 saturated heterocycles. The first-order chi connectivity index (χ1) is 27.3. The summed E-state index contributed by atoms with van der Waals surface area (Å²) in [6.45, 7) is 1.97. The van der Waals surface area contributed by atoms with Crippen molar-refractivity contribution in [3.05, 3.63) is 181 Å². The monoisotopic (exact) mass is 740 g/mol. The molecule has 0 aliphatic carbocycles. The molecule has 14 heteroatoms. The fourth-order valence-corrected chi connectivity index (χ4v) is 5.74.